The van der Waals surface area contributed by atoms with Crippen molar-refractivity contribution in [3.8, 4) is 5.75 Å². The maximum atomic E-state index is 13.5. The van der Waals surface area contributed by atoms with Crippen LogP contribution in [0.15, 0.2) is 12.1 Å². The lowest BCUT2D eigenvalue weighted by atomic mass is 10.2. The Hall–Kier alpha value is -1.24. The van der Waals surface area contributed by atoms with Gasteiger partial charge in [0.2, 0.25) is 5.82 Å². The van der Waals surface area contributed by atoms with E-state index in [-0.39, 0.29) is 17.8 Å². The van der Waals surface area contributed by atoms with Gasteiger partial charge in [-0.05, 0) is 12.8 Å². The molecule has 1 aromatic carbocycles. The first-order chi connectivity index (χ1) is 8.47. The highest BCUT2D eigenvalue weighted by Gasteiger charge is 2.42. The standard InChI is InChI=1S/C11H10BrF2NO3/c12-5-11(1-2-11)6-18-10-4-7(13)9(15(16)17)3-8(10)14/h3-4H,1-2,5-6H2. The minimum absolute atomic E-state index is 0.00923. The molecule has 0 unspecified atom stereocenters. The number of halogens is 3. The lowest BCUT2D eigenvalue weighted by Crippen LogP contribution is -2.15. The minimum Gasteiger partial charge on any atom is -0.490 e. The van der Waals surface area contributed by atoms with Crippen LogP contribution in [-0.2, 0) is 0 Å². The molecule has 4 nitrogen and oxygen atoms in total. The van der Waals surface area contributed by atoms with E-state index in [2.05, 4.69) is 15.9 Å². The van der Waals surface area contributed by atoms with Crippen molar-refractivity contribution in [3.05, 3.63) is 33.9 Å². The van der Waals surface area contributed by atoms with Crippen LogP contribution in [0.4, 0.5) is 14.5 Å². The smallest absolute Gasteiger partial charge is 0.307 e. The fourth-order valence-corrected chi connectivity index (χ4v) is 2.22. The van der Waals surface area contributed by atoms with Gasteiger partial charge in [-0.2, -0.15) is 4.39 Å². The molecule has 18 heavy (non-hydrogen) atoms. The number of alkyl halides is 1. The molecule has 0 amide bonds. The Balaban J connectivity index is 2.14. The lowest BCUT2D eigenvalue weighted by Gasteiger charge is -2.13. The number of nitrogens with zero attached hydrogens (tertiary/aromatic N) is 1. The second kappa shape index (κ2) is 4.79. The lowest BCUT2D eigenvalue weighted by molar-refractivity contribution is -0.387. The van der Waals surface area contributed by atoms with E-state index in [1.54, 1.807) is 0 Å². The molecular weight excluding hydrogens is 312 g/mol. The molecule has 0 heterocycles. The number of hydrogen-bond donors (Lipinski definition) is 0. The molecule has 7 heteroatoms. The normalized spacial score (nSPS) is 16.4. The van der Waals surface area contributed by atoms with Crippen molar-refractivity contribution in [2.75, 3.05) is 11.9 Å². The Morgan fingerprint density at radius 3 is 2.56 bits per heavy atom. The number of nitro groups is 1. The van der Waals surface area contributed by atoms with Crippen LogP contribution >= 0.6 is 15.9 Å². The van der Waals surface area contributed by atoms with Crippen molar-refractivity contribution in [2.24, 2.45) is 5.41 Å². The molecule has 1 aliphatic carbocycles. The van der Waals surface area contributed by atoms with Gasteiger partial charge in [0.15, 0.2) is 11.6 Å². The van der Waals surface area contributed by atoms with Crippen LogP contribution < -0.4 is 4.74 Å². The third-order valence-electron chi connectivity index (χ3n) is 2.97. The summed E-state index contributed by atoms with van der Waals surface area (Å²) in [5.74, 6) is -2.31. The van der Waals surface area contributed by atoms with Gasteiger partial charge in [0.05, 0.1) is 17.6 Å². The predicted octanol–water partition coefficient (Wildman–Crippen LogP) is 3.43. The molecule has 2 rings (SSSR count). The summed E-state index contributed by atoms with van der Waals surface area (Å²) in [5, 5.41) is 11.1. The maximum Gasteiger partial charge on any atom is 0.307 e. The second-order valence-corrected chi connectivity index (χ2v) is 4.97. The van der Waals surface area contributed by atoms with Crippen LogP contribution in [-0.4, -0.2) is 16.9 Å². The average Bonchev–Trinajstić information content (AvgIpc) is 3.10. The molecule has 98 valence electrons. The Bertz CT molecular complexity index is 491. The van der Waals surface area contributed by atoms with Gasteiger partial charge in [0.1, 0.15) is 0 Å². The molecule has 0 bridgehead atoms. The van der Waals surface area contributed by atoms with Crippen molar-refractivity contribution in [1.82, 2.24) is 0 Å². The van der Waals surface area contributed by atoms with Crippen molar-refractivity contribution in [2.45, 2.75) is 12.8 Å². The van der Waals surface area contributed by atoms with Crippen molar-refractivity contribution in [1.29, 1.82) is 0 Å². The SMILES string of the molecule is O=[N+]([O-])c1cc(F)c(OCC2(CBr)CC2)cc1F. The number of benzene rings is 1. The second-order valence-electron chi connectivity index (χ2n) is 4.41. The molecule has 0 radical (unpaired) electrons. The quantitative estimate of drug-likeness (QED) is 0.474. The van der Waals surface area contributed by atoms with Crippen LogP contribution in [0.25, 0.3) is 0 Å². The largest absolute Gasteiger partial charge is 0.490 e. The van der Waals surface area contributed by atoms with Gasteiger partial charge in [-0.25, -0.2) is 4.39 Å². The van der Waals surface area contributed by atoms with Gasteiger partial charge in [-0.15, -0.1) is 0 Å². The van der Waals surface area contributed by atoms with E-state index in [4.69, 9.17) is 4.74 Å². The summed E-state index contributed by atoms with van der Waals surface area (Å²) in [5.41, 5.74) is -0.897. The summed E-state index contributed by atoms with van der Waals surface area (Å²) in [6.07, 6.45) is 1.94. The molecule has 0 N–H and O–H groups in total. The zero-order valence-corrected chi connectivity index (χ0v) is 10.9. The summed E-state index contributed by atoms with van der Waals surface area (Å²) in [7, 11) is 0. The number of hydrogen-bond acceptors (Lipinski definition) is 3. The third-order valence-corrected chi connectivity index (χ3v) is 4.16. The molecule has 1 saturated carbocycles. The van der Waals surface area contributed by atoms with Gasteiger partial charge in [0.25, 0.3) is 0 Å². The highest BCUT2D eigenvalue weighted by atomic mass is 79.9. The highest BCUT2D eigenvalue weighted by molar-refractivity contribution is 9.09. The summed E-state index contributed by atoms with van der Waals surface area (Å²) in [6.45, 7) is 0.270. The van der Waals surface area contributed by atoms with Gasteiger partial charge < -0.3 is 4.74 Å². The van der Waals surface area contributed by atoms with Gasteiger partial charge in [0, 0.05) is 16.8 Å². The topological polar surface area (TPSA) is 52.4 Å². The summed E-state index contributed by atoms with van der Waals surface area (Å²) in [6, 6.07) is 1.26. The predicted molar refractivity (Wildman–Crippen MR) is 64.0 cm³/mol. The molecule has 0 aromatic heterocycles. The first kappa shape index (κ1) is 13.2. The zero-order chi connectivity index (χ0) is 13.3. The molecule has 0 aliphatic heterocycles. The fourth-order valence-electron chi connectivity index (χ4n) is 1.49. The minimum atomic E-state index is -1.10. The number of ether oxygens (including phenoxy) is 1. The van der Waals surface area contributed by atoms with Crippen LogP contribution in [0, 0.1) is 27.2 Å². The summed E-state index contributed by atoms with van der Waals surface area (Å²) >= 11 is 3.33. The van der Waals surface area contributed by atoms with Crippen LogP contribution in [0.1, 0.15) is 12.8 Å². The Labute approximate surface area is 110 Å². The summed E-state index contributed by atoms with van der Waals surface area (Å²) < 4.78 is 32.0. The maximum absolute atomic E-state index is 13.5. The molecule has 1 fully saturated rings. The highest BCUT2D eigenvalue weighted by Crippen LogP contribution is 2.47. The third kappa shape index (κ3) is 2.60. The van der Waals surface area contributed by atoms with E-state index in [0.29, 0.717) is 6.07 Å². The van der Waals surface area contributed by atoms with E-state index < -0.39 is 22.2 Å². The molecule has 0 saturated heterocycles. The Morgan fingerprint density at radius 2 is 2.06 bits per heavy atom. The van der Waals surface area contributed by atoms with Crippen molar-refractivity contribution >= 4 is 21.6 Å². The zero-order valence-electron chi connectivity index (χ0n) is 9.29. The number of rotatable bonds is 5. The molecular formula is C11H10BrF2NO3. The monoisotopic (exact) mass is 321 g/mol. The van der Waals surface area contributed by atoms with E-state index in [1.807, 2.05) is 0 Å². The van der Waals surface area contributed by atoms with Crippen molar-refractivity contribution in [3.63, 3.8) is 0 Å². The van der Waals surface area contributed by atoms with E-state index in [9.17, 15) is 18.9 Å². The van der Waals surface area contributed by atoms with Crippen LogP contribution in [0.3, 0.4) is 0 Å². The Kier molecular flexibility index (Phi) is 3.52. The van der Waals surface area contributed by atoms with E-state index in [1.165, 1.54) is 0 Å². The Morgan fingerprint density at radius 1 is 1.39 bits per heavy atom. The molecule has 0 spiro atoms. The van der Waals surface area contributed by atoms with Crippen molar-refractivity contribution < 1.29 is 18.4 Å². The average molecular weight is 322 g/mol. The molecule has 0 atom stereocenters. The van der Waals surface area contributed by atoms with Crippen LogP contribution in [0.5, 0.6) is 5.75 Å². The van der Waals surface area contributed by atoms with E-state index >= 15 is 0 Å². The summed E-state index contributed by atoms with van der Waals surface area (Å²) in [4.78, 5) is 9.44. The van der Waals surface area contributed by atoms with E-state index in [0.717, 1.165) is 24.2 Å². The number of nitro benzene ring substituents is 1. The van der Waals surface area contributed by atoms with Gasteiger partial charge in [-0.3, -0.25) is 10.1 Å². The van der Waals surface area contributed by atoms with Gasteiger partial charge >= 0.3 is 5.69 Å². The van der Waals surface area contributed by atoms with Crippen LogP contribution in [0.2, 0.25) is 0 Å². The van der Waals surface area contributed by atoms with Gasteiger partial charge in [-0.1, -0.05) is 15.9 Å². The molecule has 1 aliphatic rings. The molecule has 1 aromatic rings. The first-order valence-electron chi connectivity index (χ1n) is 5.30. The fraction of sp³-hybridized carbons (Fsp3) is 0.455. The first-order valence-corrected chi connectivity index (χ1v) is 6.42.